The van der Waals surface area contributed by atoms with Crippen molar-refractivity contribution in [3.63, 3.8) is 0 Å². The van der Waals surface area contributed by atoms with Gasteiger partial charge >= 0.3 is 0 Å². The summed E-state index contributed by atoms with van der Waals surface area (Å²) in [5.41, 5.74) is -0.456. The van der Waals surface area contributed by atoms with E-state index in [0.29, 0.717) is 5.69 Å². The molecule has 150 valence electrons. The minimum absolute atomic E-state index is 0.111. The second kappa shape index (κ2) is 7.47. The maximum atomic E-state index is 12.6. The van der Waals surface area contributed by atoms with Gasteiger partial charge in [0.25, 0.3) is 5.56 Å². The number of anilines is 1. The lowest BCUT2D eigenvalue weighted by Crippen LogP contribution is -2.32. The lowest BCUT2D eigenvalue weighted by atomic mass is 10.1. The summed E-state index contributed by atoms with van der Waals surface area (Å²) in [5, 5.41) is 15.4. The fourth-order valence-electron chi connectivity index (χ4n) is 2.77. The average molecular weight is 414 g/mol. The van der Waals surface area contributed by atoms with E-state index in [1.165, 1.54) is 43.4 Å². The van der Waals surface area contributed by atoms with Crippen molar-refractivity contribution in [1.29, 1.82) is 0 Å². The molecular formula is C19H16N3O6S-. The van der Waals surface area contributed by atoms with Crippen molar-refractivity contribution in [2.45, 2.75) is 6.54 Å². The van der Waals surface area contributed by atoms with Crippen LogP contribution < -0.4 is 15.0 Å². The van der Waals surface area contributed by atoms with E-state index in [1.807, 2.05) is 0 Å². The highest BCUT2D eigenvalue weighted by atomic mass is 32.2. The van der Waals surface area contributed by atoms with Crippen LogP contribution in [0.25, 0.3) is 10.8 Å². The van der Waals surface area contributed by atoms with Crippen LogP contribution in [0.5, 0.6) is 0 Å². The first-order chi connectivity index (χ1) is 13.6. The first-order valence-corrected chi connectivity index (χ1v) is 10.2. The lowest BCUT2D eigenvalue weighted by molar-refractivity contribution is -0.255. The lowest BCUT2D eigenvalue weighted by Gasteiger charge is -2.16. The van der Waals surface area contributed by atoms with Gasteiger partial charge in [-0.3, -0.25) is 13.9 Å². The van der Waals surface area contributed by atoms with Crippen LogP contribution in [0.3, 0.4) is 0 Å². The van der Waals surface area contributed by atoms with Gasteiger partial charge in [0.1, 0.15) is 12.2 Å². The topological polar surface area (TPSA) is 129 Å². The predicted molar refractivity (Wildman–Crippen MR) is 104 cm³/mol. The van der Waals surface area contributed by atoms with Gasteiger partial charge in [0.2, 0.25) is 10.0 Å². The van der Waals surface area contributed by atoms with Gasteiger partial charge in [-0.15, -0.1) is 0 Å². The van der Waals surface area contributed by atoms with Crippen molar-refractivity contribution in [2.75, 3.05) is 17.6 Å². The van der Waals surface area contributed by atoms with E-state index in [9.17, 15) is 27.9 Å². The Balaban J connectivity index is 1.95. The molecular weight excluding hydrogens is 398 g/mol. The number of fused-ring (bicyclic) bond motifs is 1. The summed E-state index contributed by atoms with van der Waals surface area (Å²) in [6, 6.07) is 11.8. The quantitative estimate of drug-likeness (QED) is 0.521. The van der Waals surface area contributed by atoms with Gasteiger partial charge in [0, 0.05) is 18.0 Å². The third-order valence-electron chi connectivity index (χ3n) is 4.40. The minimum atomic E-state index is -3.45. The summed E-state index contributed by atoms with van der Waals surface area (Å²) in [6.07, 6.45) is 1.05. The molecule has 0 saturated carbocycles. The Morgan fingerprint density at radius 1 is 1.07 bits per heavy atom. The average Bonchev–Trinajstić information content (AvgIpc) is 2.68. The molecule has 1 heterocycles. The Labute approximate surface area is 165 Å². The Bertz CT molecular complexity index is 1280. The maximum Gasteiger partial charge on any atom is 0.275 e. The summed E-state index contributed by atoms with van der Waals surface area (Å²) in [7, 11) is -2.06. The number of aromatic carboxylic acids is 1. The molecule has 0 radical (unpaired) electrons. The highest BCUT2D eigenvalue weighted by molar-refractivity contribution is 7.92. The molecule has 0 aliphatic carbocycles. The number of carbonyl (C=O) groups is 2. The molecule has 0 saturated heterocycles. The molecule has 0 bridgehead atoms. The van der Waals surface area contributed by atoms with Crippen LogP contribution in [-0.4, -0.2) is 43.3 Å². The molecule has 0 aliphatic rings. The summed E-state index contributed by atoms with van der Waals surface area (Å²) >= 11 is 0. The second-order valence-corrected chi connectivity index (χ2v) is 8.36. The molecule has 0 aliphatic heterocycles. The van der Waals surface area contributed by atoms with Crippen molar-refractivity contribution in [3.05, 3.63) is 70.1 Å². The van der Waals surface area contributed by atoms with E-state index in [1.54, 1.807) is 12.1 Å². The molecule has 29 heavy (non-hydrogen) atoms. The van der Waals surface area contributed by atoms with Crippen molar-refractivity contribution in [3.8, 4) is 0 Å². The minimum Gasteiger partial charge on any atom is -0.543 e. The van der Waals surface area contributed by atoms with Crippen LogP contribution in [0.2, 0.25) is 0 Å². The zero-order valence-electron chi connectivity index (χ0n) is 15.5. The summed E-state index contributed by atoms with van der Waals surface area (Å²) < 4.78 is 25.0. The molecule has 0 atom stereocenters. The predicted octanol–water partition coefficient (Wildman–Crippen LogP) is 0.0387. The van der Waals surface area contributed by atoms with E-state index in [0.717, 1.165) is 15.2 Å². The Morgan fingerprint density at radius 2 is 1.66 bits per heavy atom. The van der Waals surface area contributed by atoms with Crippen molar-refractivity contribution in [1.82, 2.24) is 9.78 Å². The fourth-order valence-corrected chi connectivity index (χ4v) is 3.27. The molecule has 0 amide bonds. The molecule has 2 aromatic carbocycles. The van der Waals surface area contributed by atoms with Crippen LogP contribution in [-0.2, 0) is 16.6 Å². The normalized spacial score (nSPS) is 11.4. The van der Waals surface area contributed by atoms with Crippen molar-refractivity contribution in [2.24, 2.45) is 0 Å². The van der Waals surface area contributed by atoms with E-state index < -0.39 is 39.6 Å². The van der Waals surface area contributed by atoms with E-state index in [2.05, 4.69) is 5.10 Å². The Kier molecular flexibility index (Phi) is 5.21. The highest BCUT2D eigenvalue weighted by Gasteiger charge is 2.16. The zero-order chi connectivity index (χ0) is 21.3. The van der Waals surface area contributed by atoms with Gasteiger partial charge in [-0.2, -0.15) is 5.10 Å². The zero-order valence-corrected chi connectivity index (χ0v) is 16.3. The second-order valence-electron chi connectivity index (χ2n) is 6.34. The number of Topliss-reactive ketones (excluding diaryl/α,β-unsaturated/α-hetero) is 1. The standard InChI is InChI=1S/C19H17N3O6S/c1-21(29(2,27)28)13-9-7-12(8-10-13)16(23)11-22-18(24)15-6-4-3-5-14(15)17(20-22)19(25)26/h3-10H,11H2,1-2H3,(H,25,26)/p-1. The van der Waals surface area contributed by atoms with Crippen LogP contribution in [0.15, 0.2) is 53.3 Å². The molecule has 0 N–H and O–H groups in total. The van der Waals surface area contributed by atoms with Gasteiger partial charge in [0.05, 0.1) is 23.3 Å². The van der Waals surface area contributed by atoms with Gasteiger partial charge in [-0.25, -0.2) is 13.1 Å². The third-order valence-corrected chi connectivity index (χ3v) is 5.61. The number of benzene rings is 2. The molecule has 1 aromatic heterocycles. The van der Waals surface area contributed by atoms with Crippen molar-refractivity contribution < 1.29 is 23.1 Å². The molecule has 0 unspecified atom stereocenters. The number of ketones is 1. The molecule has 3 aromatic rings. The molecule has 3 rings (SSSR count). The monoisotopic (exact) mass is 414 g/mol. The number of sulfonamides is 1. The van der Waals surface area contributed by atoms with E-state index in [4.69, 9.17) is 0 Å². The third kappa shape index (κ3) is 4.02. The number of aromatic nitrogens is 2. The molecule has 10 heteroatoms. The molecule has 0 spiro atoms. The Hall–Kier alpha value is -3.53. The van der Waals surface area contributed by atoms with Gasteiger partial charge < -0.3 is 9.90 Å². The number of hydrogen-bond acceptors (Lipinski definition) is 7. The number of carboxylic acids is 1. The first-order valence-electron chi connectivity index (χ1n) is 8.38. The summed E-state index contributed by atoms with van der Waals surface area (Å²) in [6.45, 7) is -0.481. The van der Waals surface area contributed by atoms with Crippen LogP contribution in [0.1, 0.15) is 20.8 Å². The number of hydrogen-bond donors (Lipinski definition) is 0. The van der Waals surface area contributed by atoms with Gasteiger partial charge in [-0.1, -0.05) is 18.2 Å². The first kappa shape index (κ1) is 20.2. The number of rotatable bonds is 6. The van der Waals surface area contributed by atoms with Gasteiger partial charge in [-0.05, 0) is 30.3 Å². The maximum absolute atomic E-state index is 12.6. The summed E-state index contributed by atoms with van der Waals surface area (Å²) in [4.78, 5) is 36.5. The van der Waals surface area contributed by atoms with Crippen LogP contribution >= 0.6 is 0 Å². The number of carbonyl (C=O) groups excluding carboxylic acids is 2. The van der Waals surface area contributed by atoms with E-state index >= 15 is 0 Å². The van der Waals surface area contributed by atoms with E-state index in [-0.39, 0.29) is 16.3 Å². The smallest absolute Gasteiger partial charge is 0.275 e. The molecule has 9 nitrogen and oxygen atoms in total. The number of carboxylic acid groups (broad SMARTS) is 1. The van der Waals surface area contributed by atoms with Gasteiger partial charge in [0.15, 0.2) is 5.78 Å². The van der Waals surface area contributed by atoms with Crippen LogP contribution in [0, 0.1) is 0 Å². The molecule has 0 fully saturated rings. The SMILES string of the molecule is CN(c1ccc(C(=O)Cn2nc(C(=O)[O-])c3ccccc3c2=O)cc1)S(C)(=O)=O. The largest absolute Gasteiger partial charge is 0.543 e. The van der Waals surface area contributed by atoms with Crippen molar-refractivity contribution >= 4 is 38.2 Å². The number of nitrogens with zero attached hydrogens (tertiary/aromatic N) is 3. The fraction of sp³-hybridized carbons (Fsp3) is 0.158. The highest BCUT2D eigenvalue weighted by Crippen LogP contribution is 2.17. The van der Waals surface area contributed by atoms with Crippen LogP contribution in [0.4, 0.5) is 5.69 Å². The summed E-state index contributed by atoms with van der Waals surface area (Å²) in [5.74, 6) is -2.05. The Morgan fingerprint density at radius 3 is 2.21 bits per heavy atom.